The lowest BCUT2D eigenvalue weighted by Gasteiger charge is -2.33. The van der Waals surface area contributed by atoms with Crippen molar-refractivity contribution in [3.05, 3.63) is 0 Å². The van der Waals surface area contributed by atoms with Crippen LogP contribution in [0, 0.1) is 5.92 Å². The monoisotopic (exact) mass is 141 g/mol. The van der Waals surface area contributed by atoms with Gasteiger partial charge in [0.05, 0.1) is 12.7 Å². The third-order valence-corrected chi connectivity index (χ3v) is 3.28. The second-order valence-corrected chi connectivity index (χ2v) is 3.61. The molecule has 0 aromatic heterocycles. The number of fused-ring (bicyclic) bond motifs is 1. The lowest BCUT2D eigenvalue weighted by Crippen LogP contribution is -2.43. The minimum absolute atomic E-state index is 0.542. The first-order valence-electron chi connectivity index (χ1n) is 4.05. The van der Waals surface area contributed by atoms with Gasteiger partial charge in [0.25, 0.3) is 0 Å². The van der Waals surface area contributed by atoms with E-state index in [-0.39, 0.29) is 0 Å². The van der Waals surface area contributed by atoms with Crippen molar-refractivity contribution < 1.29 is 4.74 Å². The summed E-state index contributed by atoms with van der Waals surface area (Å²) in [6, 6.07) is 1.36. The Labute approximate surface area is 62.2 Å². The summed E-state index contributed by atoms with van der Waals surface area (Å²) < 4.78 is 5.47. The van der Waals surface area contributed by atoms with Gasteiger partial charge < -0.3 is 4.74 Å². The van der Waals surface area contributed by atoms with Gasteiger partial charge in [-0.2, -0.15) is 0 Å². The highest BCUT2D eigenvalue weighted by Gasteiger charge is 2.49. The van der Waals surface area contributed by atoms with E-state index in [1.54, 1.807) is 0 Å². The number of hydrogen-bond acceptors (Lipinski definition) is 2. The number of ether oxygens (including phenoxy) is 1. The topological polar surface area (TPSA) is 12.5 Å². The summed E-state index contributed by atoms with van der Waals surface area (Å²) in [4.78, 5) is 2.42. The predicted octanol–water partition coefficient (Wildman–Crippen LogP) is 0.724. The number of likely N-dealkylation sites (tertiary alicyclic amines) is 1. The van der Waals surface area contributed by atoms with E-state index in [2.05, 4.69) is 25.8 Å². The summed E-state index contributed by atoms with van der Waals surface area (Å²) in [6.07, 6.45) is 0.542. The Bertz CT molecular complexity index is 111. The molecule has 0 amide bonds. The van der Waals surface area contributed by atoms with Gasteiger partial charge in [0, 0.05) is 18.0 Å². The molecule has 2 saturated heterocycles. The van der Waals surface area contributed by atoms with Gasteiger partial charge in [-0.25, -0.2) is 0 Å². The zero-order valence-electron chi connectivity index (χ0n) is 6.87. The van der Waals surface area contributed by atoms with Crippen LogP contribution >= 0.6 is 0 Å². The van der Waals surface area contributed by atoms with Crippen LogP contribution in [0.3, 0.4) is 0 Å². The highest BCUT2D eigenvalue weighted by molar-refractivity contribution is 5.00. The molecule has 2 aliphatic rings. The fourth-order valence-electron chi connectivity index (χ4n) is 2.13. The number of rotatable bonds is 0. The second kappa shape index (κ2) is 1.95. The fourth-order valence-corrected chi connectivity index (χ4v) is 2.13. The van der Waals surface area contributed by atoms with Gasteiger partial charge in [-0.15, -0.1) is 0 Å². The molecule has 4 unspecified atom stereocenters. The molecule has 0 aromatic carbocycles. The van der Waals surface area contributed by atoms with Crippen molar-refractivity contribution in [3.63, 3.8) is 0 Å². The maximum atomic E-state index is 5.47. The first kappa shape index (κ1) is 6.62. The van der Waals surface area contributed by atoms with Crippen molar-refractivity contribution in [2.75, 3.05) is 13.7 Å². The molecule has 0 N–H and O–H groups in total. The molecule has 2 fully saturated rings. The largest absolute Gasteiger partial charge is 0.376 e. The SMILES string of the molecule is CC1C2COC2C(C)N1C. The average Bonchev–Trinajstić information content (AvgIpc) is 1.92. The van der Waals surface area contributed by atoms with Crippen LogP contribution < -0.4 is 0 Å². The van der Waals surface area contributed by atoms with E-state index >= 15 is 0 Å². The minimum Gasteiger partial charge on any atom is -0.376 e. The van der Waals surface area contributed by atoms with Gasteiger partial charge in [-0.3, -0.25) is 4.90 Å². The number of hydrogen-bond donors (Lipinski definition) is 0. The van der Waals surface area contributed by atoms with Crippen molar-refractivity contribution in [1.82, 2.24) is 4.90 Å². The maximum absolute atomic E-state index is 5.47. The van der Waals surface area contributed by atoms with Crippen LogP contribution in [-0.4, -0.2) is 36.7 Å². The van der Waals surface area contributed by atoms with E-state index in [1.807, 2.05) is 0 Å². The summed E-state index contributed by atoms with van der Waals surface area (Å²) in [7, 11) is 2.19. The normalized spacial score (nSPS) is 54.3. The highest BCUT2D eigenvalue weighted by atomic mass is 16.5. The summed E-state index contributed by atoms with van der Waals surface area (Å²) in [5.74, 6) is 0.819. The van der Waals surface area contributed by atoms with Crippen LogP contribution in [0.1, 0.15) is 13.8 Å². The Hall–Kier alpha value is -0.0800. The van der Waals surface area contributed by atoms with E-state index in [1.165, 1.54) is 0 Å². The molecule has 2 rings (SSSR count). The molecule has 2 nitrogen and oxygen atoms in total. The van der Waals surface area contributed by atoms with E-state index in [4.69, 9.17) is 4.74 Å². The van der Waals surface area contributed by atoms with Crippen molar-refractivity contribution in [2.45, 2.75) is 32.0 Å². The van der Waals surface area contributed by atoms with Gasteiger partial charge >= 0.3 is 0 Å². The van der Waals surface area contributed by atoms with Gasteiger partial charge in [-0.1, -0.05) is 0 Å². The molecule has 0 aromatic rings. The Morgan fingerprint density at radius 3 is 2.20 bits per heavy atom. The molecule has 0 saturated carbocycles. The fraction of sp³-hybridized carbons (Fsp3) is 1.00. The Kier molecular flexibility index (Phi) is 1.29. The molecule has 2 aliphatic heterocycles. The van der Waals surface area contributed by atoms with E-state index in [0.717, 1.165) is 18.6 Å². The average molecular weight is 141 g/mol. The number of nitrogens with zero attached hydrogens (tertiary/aromatic N) is 1. The standard InChI is InChI=1S/C8H15NO/c1-5-7-4-10-8(7)6(2)9(5)3/h5-8H,4H2,1-3H3. The van der Waals surface area contributed by atoms with Crippen LogP contribution in [-0.2, 0) is 4.74 Å². The van der Waals surface area contributed by atoms with Crippen LogP contribution in [0.4, 0.5) is 0 Å². The molecular weight excluding hydrogens is 126 g/mol. The zero-order valence-corrected chi connectivity index (χ0v) is 6.87. The Morgan fingerprint density at radius 2 is 2.00 bits per heavy atom. The Morgan fingerprint density at radius 1 is 1.30 bits per heavy atom. The van der Waals surface area contributed by atoms with Crippen LogP contribution in [0.25, 0.3) is 0 Å². The van der Waals surface area contributed by atoms with Gasteiger partial charge in [0.1, 0.15) is 0 Å². The molecule has 0 spiro atoms. The molecule has 2 heterocycles. The van der Waals surface area contributed by atoms with Gasteiger partial charge in [-0.05, 0) is 20.9 Å². The smallest absolute Gasteiger partial charge is 0.0792 e. The third-order valence-electron chi connectivity index (χ3n) is 3.28. The molecule has 0 aliphatic carbocycles. The molecular formula is C8H15NO. The second-order valence-electron chi connectivity index (χ2n) is 3.61. The van der Waals surface area contributed by atoms with Crippen molar-refractivity contribution in [1.29, 1.82) is 0 Å². The molecule has 4 atom stereocenters. The zero-order chi connectivity index (χ0) is 7.30. The maximum Gasteiger partial charge on any atom is 0.0792 e. The lowest BCUT2D eigenvalue weighted by atomic mass is 9.93. The van der Waals surface area contributed by atoms with Crippen molar-refractivity contribution >= 4 is 0 Å². The summed E-state index contributed by atoms with van der Waals surface area (Å²) in [5.41, 5.74) is 0. The van der Waals surface area contributed by atoms with Gasteiger partial charge in [0.15, 0.2) is 0 Å². The van der Waals surface area contributed by atoms with Crippen LogP contribution in [0.15, 0.2) is 0 Å². The van der Waals surface area contributed by atoms with Crippen molar-refractivity contribution in [3.8, 4) is 0 Å². The predicted molar refractivity (Wildman–Crippen MR) is 39.9 cm³/mol. The van der Waals surface area contributed by atoms with Crippen LogP contribution in [0.2, 0.25) is 0 Å². The van der Waals surface area contributed by atoms with Crippen molar-refractivity contribution in [2.24, 2.45) is 5.92 Å². The van der Waals surface area contributed by atoms with E-state index in [0.29, 0.717) is 12.1 Å². The number of likely N-dealkylation sites (N-methyl/N-ethyl adjacent to an activating group) is 1. The van der Waals surface area contributed by atoms with Crippen LogP contribution in [0.5, 0.6) is 0 Å². The summed E-state index contributed by atoms with van der Waals surface area (Å²) in [6.45, 7) is 5.53. The molecule has 0 radical (unpaired) electrons. The molecule has 0 bridgehead atoms. The molecule has 10 heavy (non-hydrogen) atoms. The molecule has 58 valence electrons. The first-order chi connectivity index (χ1) is 4.72. The van der Waals surface area contributed by atoms with Gasteiger partial charge in [0.2, 0.25) is 0 Å². The molecule has 2 heteroatoms. The quantitative estimate of drug-likeness (QED) is 0.493. The lowest BCUT2D eigenvalue weighted by molar-refractivity contribution is -0.103. The summed E-state index contributed by atoms with van der Waals surface area (Å²) in [5, 5.41) is 0. The first-order valence-corrected chi connectivity index (χ1v) is 4.05. The minimum atomic E-state index is 0.542. The third kappa shape index (κ3) is 0.611. The van der Waals surface area contributed by atoms with E-state index < -0.39 is 0 Å². The summed E-state index contributed by atoms with van der Waals surface area (Å²) >= 11 is 0. The Balaban J connectivity index is 2.14. The van der Waals surface area contributed by atoms with E-state index in [9.17, 15) is 0 Å². The highest BCUT2D eigenvalue weighted by Crippen LogP contribution is 2.37.